The van der Waals surface area contributed by atoms with Gasteiger partial charge in [-0.25, -0.2) is 4.98 Å². The van der Waals surface area contributed by atoms with E-state index in [0.29, 0.717) is 0 Å². The number of ether oxygens (including phenoxy) is 1. The Labute approximate surface area is 160 Å². The van der Waals surface area contributed by atoms with E-state index in [1.54, 1.807) is 11.3 Å². The Bertz CT molecular complexity index is 586. The molecule has 3 aliphatic heterocycles. The minimum Gasteiger partial charge on any atom is -0.368 e. The molecule has 4 heterocycles. The van der Waals surface area contributed by atoms with Crippen LogP contribution in [0.5, 0.6) is 0 Å². The third-order valence-corrected chi connectivity index (χ3v) is 6.64. The van der Waals surface area contributed by atoms with Gasteiger partial charge >= 0.3 is 0 Å². The van der Waals surface area contributed by atoms with Crippen LogP contribution in [-0.4, -0.2) is 72.7 Å². The lowest BCUT2D eigenvalue weighted by atomic mass is 10.2. The first-order valence-electron chi connectivity index (χ1n) is 10.1. The van der Waals surface area contributed by atoms with Gasteiger partial charge in [0.1, 0.15) is 6.10 Å². The molecule has 0 bridgehead atoms. The molecule has 144 valence electrons. The third kappa shape index (κ3) is 4.38. The zero-order valence-corrected chi connectivity index (χ0v) is 16.4. The first kappa shape index (κ1) is 18.2. The predicted octanol–water partition coefficient (Wildman–Crippen LogP) is 2.35. The van der Waals surface area contributed by atoms with E-state index in [2.05, 4.69) is 15.2 Å². The SMILES string of the molecule is O=C(C1CCCO1)N1CCN(c2nc(CN3CCCCCC3)cs2)CC1. The van der Waals surface area contributed by atoms with Crippen molar-refractivity contribution in [2.75, 3.05) is 50.8 Å². The number of hydrogen-bond acceptors (Lipinski definition) is 6. The van der Waals surface area contributed by atoms with Crippen LogP contribution in [0.25, 0.3) is 0 Å². The molecule has 1 aromatic rings. The number of piperazine rings is 1. The fraction of sp³-hybridized carbons (Fsp3) is 0.789. The summed E-state index contributed by atoms with van der Waals surface area (Å²) in [5.74, 6) is 0.183. The average molecular weight is 379 g/mol. The van der Waals surface area contributed by atoms with E-state index in [0.717, 1.165) is 57.3 Å². The van der Waals surface area contributed by atoms with E-state index in [-0.39, 0.29) is 12.0 Å². The second-order valence-electron chi connectivity index (χ2n) is 7.63. The molecule has 3 saturated heterocycles. The van der Waals surface area contributed by atoms with Gasteiger partial charge in [-0.2, -0.15) is 0 Å². The Hall–Kier alpha value is -1.18. The summed E-state index contributed by atoms with van der Waals surface area (Å²) in [4.78, 5) is 24.2. The number of anilines is 1. The molecule has 0 saturated carbocycles. The van der Waals surface area contributed by atoms with Gasteiger partial charge in [0.25, 0.3) is 5.91 Å². The molecular weight excluding hydrogens is 348 g/mol. The molecule has 3 fully saturated rings. The zero-order chi connectivity index (χ0) is 17.8. The van der Waals surface area contributed by atoms with Gasteiger partial charge in [0.05, 0.1) is 5.69 Å². The van der Waals surface area contributed by atoms with E-state index in [9.17, 15) is 4.79 Å². The molecule has 7 heteroatoms. The minimum atomic E-state index is -0.193. The Kier molecular flexibility index (Phi) is 6.07. The van der Waals surface area contributed by atoms with Crippen molar-refractivity contribution < 1.29 is 9.53 Å². The van der Waals surface area contributed by atoms with Crippen LogP contribution in [-0.2, 0) is 16.1 Å². The summed E-state index contributed by atoms with van der Waals surface area (Å²) in [5, 5.41) is 3.32. The second kappa shape index (κ2) is 8.67. The van der Waals surface area contributed by atoms with Crippen molar-refractivity contribution in [1.82, 2.24) is 14.8 Å². The molecule has 0 aromatic carbocycles. The lowest BCUT2D eigenvalue weighted by Crippen LogP contribution is -2.51. The first-order valence-corrected chi connectivity index (χ1v) is 11.0. The predicted molar refractivity (Wildman–Crippen MR) is 104 cm³/mol. The fourth-order valence-electron chi connectivity index (χ4n) is 4.13. The lowest BCUT2D eigenvalue weighted by molar-refractivity contribution is -0.141. The Morgan fingerprint density at radius 3 is 2.54 bits per heavy atom. The normalized spacial score (nSPS) is 25.5. The number of hydrogen-bond donors (Lipinski definition) is 0. The molecule has 26 heavy (non-hydrogen) atoms. The van der Waals surface area contributed by atoms with E-state index >= 15 is 0 Å². The van der Waals surface area contributed by atoms with Gasteiger partial charge in [0, 0.05) is 44.7 Å². The van der Waals surface area contributed by atoms with Gasteiger partial charge in [-0.3, -0.25) is 9.69 Å². The van der Waals surface area contributed by atoms with Gasteiger partial charge in [0.15, 0.2) is 5.13 Å². The van der Waals surface area contributed by atoms with Crippen LogP contribution in [0.4, 0.5) is 5.13 Å². The van der Waals surface area contributed by atoms with Crippen molar-refractivity contribution in [2.24, 2.45) is 0 Å². The molecule has 1 aromatic heterocycles. The van der Waals surface area contributed by atoms with E-state index in [1.807, 2.05) is 4.90 Å². The van der Waals surface area contributed by atoms with Crippen molar-refractivity contribution in [3.8, 4) is 0 Å². The van der Waals surface area contributed by atoms with Crippen LogP contribution >= 0.6 is 11.3 Å². The summed E-state index contributed by atoms with van der Waals surface area (Å²) in [6.07, 6.45) is 7.07. The molecule has 6 nitrogen and oxygen atoms in total. The topological polar surface area (TPSA) is 48.9 Å². The molecule has 4 rings (SSSR count). The van der Waals surface area contributed by atoms with Gasteiger partial charge in [-0.05, 0) is 38.8 Å². The number of aromatic nitrogens is 1. The lowest BCUT2D eigenvalue weighted by Gasteiger charge is -2.35. The zero-order valence-electron chi connectivity index (χ0n) is 15.6. The van der Waals surface area contributed by atoms with Crippen molar-refractivity contribution in [3.63, 3.8) is 0 Å². The van der Waals surface area contributed by atoms with E-state index < -0.39 is 0 Å². The maximum atomic E-state index is 12.5. The largest absolute Gasteiger partial charge is 0.368 e. The maximum absolute atomic E-state index is 12.5. The number of carbonyl (C=O) groups excluding carboxylic acids is 1. The van der Waals surface area contributed by atoms with Crippen molar-refractivity contribution in [3.05, 3.63) is 11.1 Å². The Morgan fingerprint density at radius 2 is 1.85 bits per heavy atom. The van der Waals surface area contributed by atoms with Gasteiger partial charge < -0.3 is 14.5 Å². The van der Waals surface area contributed by atoms with Crippen molar-refractivity contribution in [1.29, 1.82) is 0 Å². The average Bonchev–Trinajstić information content (AvgIpc) is 3.30. The number of thiazole rings is 1. The maximum Gasteiger partial charge on any atom is 0.251 e. The highest BCUT2D eigenvalue weighted by atomic mass is 32.1. The fourth-order valence-corrected chi connectivity index (χ4v) is 5.00. The van der Waals surface area contributed by atoms with Gasteiger partial charge in [0.2, 0.25) is 0 Å². The molecular formula is C19H30N4O2S. The standard InChI is InChI=1S/C19H30N4O2S/c24-18(17-6-5-13-25-17)22-9-11-23(12-10-22)19-20-16(15-26-19)14-21-7-3-1-2-4-8-21/h15,17H,1-14H2. The van der Waals surface area contributed by atoms with Gasteiger partial charge in [-0.15, -0.1) is 11.3 Å². The summed E-state index contributed by atoms with van der Waals surface area (Å²) in [6.45, 7) is 7.42. The van der Waals surface area contributed by atoms with E-state index in [4.69, 9.17) is 9.72 Å². The highest BCUT2D eigenvalue weighted by Gasteiger charge is 2.30. The van der Waals surface area contributed by atoms with Crippen LogP contribution in [0.15, 0.2) is 5.38 Å². The summed E-state index contributed by atoms with van der Waals surface area (Å²) >= 11 is 1.74. The molecule has 1 atom stereocenters. The highest BCUT2D eigenvalue weighted by molar-refractivity contribution is 7.13. The third-order valence-electron chi connectivity index (χ3n) is 5.69. The van der Waals surface area contributed by atoms with Crippen LogP contribution in [0.3, 0.4) is 0 Å². The van der Waals surface area contributed by atoms with E-state index in [1.165, 1.54) is 44.5 Å². The van der Waals surface area contributed by atoms with Crippen molar-refractivity contribution >= 4 is 22.4 Å². The molecule has 0 spiro atoms. The molecule has 0 radical (unpaired) electrons. The van der Waals surface area contributed by atoms with Crippen LogP contribution in [0.2, 0.25) is 0 Å². The molecule has 1 unspecified atom stereocenters. The quantitative estimate of drug-likeness (QED) is 0.805. The van der Waals surface area contributed by atoms with Crippen LogP contribution < -0.4 is 4.90 Å². The molecule has 0 aliphatic carbocycles. The number of rotatable bonds is 4. The van der Waals surface area contributed by atoms with Crippen molar-refractivity contribution in [2.45, 2.75) is 51.2 Å². The summed E-state index contributed by atoms with van der Waals surface area (Å²) in [6, 6.07) is 0. The van der Waals surface area contributed by atoms with Gasteiger partial charge in [-0.1, -0.05) is 12.8 Å². The summed E-state index contributed by atoms with van der Waals surface area (Å²) in [5.41, 5.74) is 1.20. The summed E-state index contributed by atoms with van der Waals surface area (Å²) < 4.78 is 5.54. The number of nitrogens with zero attached hydrogens (tertiary/aromatic N) is 4. The Morgan fingerprint density at radius 1 is 1.08 bits per heavy atom. The monoisotopic (exact) mass is 378 g/mol. The molecule has 0 N–H and O–H groups in total. The number of likely N-dealkylation sites (tertiary alicyclic amines) is 1. The molecule has 3 aliphatic rings. The number of amides is 1. The second-order valence-corrected chi connectivity index (χ2v) is 8.46. The summed E-state index contributed by atoms with van der Waals surface area (Å²) in [7, 11) is 0. The molecule has 1 amide bonds. The number of carbonyl (C=O) groups is 1. The smallest absolute Gasteiger partial charge is 0.251 e. The Balaban J connectivity index is 1.28. The van der Waals surface area contributed by atoms with Crippen LogP contribution in [0.1, 0.15) is 44.2 Å². The highest BCUT2D eigenvalue weighted by Crippen LogP contribution is 2.24. The van der Waals surface area contributed by atoms with Crippen LogP contribution in [0, 0.1) is 0 Å². The first-order chi connectivity index (χ1) is 12.8. The minimum absolute atomic E-state index is 0.183.